The quantitative estimate of drug-likeness (QED) is 0.692. The Kier molecular flexibility index (Phi) is 8.62. The SMILES string of the molecule is Cl.O=C(O)/C=C1/CCN(C(=O)Cc2ccc(Cl)c(Cl)c2)C(CN2CCCC2)C1. The first kappa shape index (κ1) is 23.0. The van der Waals surface area contributed by atoms with Crippen LogP contribution in [-0.2, 0) is 16.0 Å². The largest absolute Gasteiger partial charge is 0.478 e. The fraction of sp³-hybridized carbons (Fsp3) is 0.500. The van der Waals surface area contributed by atoms with Gasteiger partial charge in [-0.3, -0.25) is 4.79 Å². The molecule has 154 valence electrons. The summed E-state index contributed by atoms with van der Waals surface area (Å²) >= 11 is 12.0. The molecule has 1 aromatic carbocycles. The van der Waals surface area contributed by atoms with Gasteiger partial charge in [-0.25, -0.2) is 4.79 Å². The molecule has 0 aromatic heterocycles. The van der Waals surface area contributed by atoms with Crippen molar-refractivity contribution in [1.82, 2.24) is 9.80 Å². The molecular formula is C20H25Cl3N2O3. The minimum absolute atomic E-state index is 0. The van der Waals surface area contributed by atoms with Gasteiger partial charge in [0.2, 0.25) is 5.91 Å². The van der Waals surface area contributed by atoms with Gasteiger partial charge in [-0.15, -0.1) is 12.4 Å². The van der Waals surface area contributed by atoms with Gasteiger partial charge in [0, 0.05) is 25.2 Å². The highest BCUT2D eigenvalue weighted by molar-refractivity contribution is 6.42. The van der Waals surface area contributed by atoms with Crippen LogP contribution in [0.3, 0.4) is 0 Å². The van der Waals surface area contributed by atoms with Crippen LogP contribution in [0.4, 0.5) is 0 Å². The van der Waals surface area contributed by atoms with E-state index in [4.69, 9.17) is 28.3 Å². The zero-order chi connectivity index (χ0) is 19.4. The number of carbonyl (C=O) groups excluding carboxylic acids is 1. The standard InChI is InChI=1S/C20H24Cl2N2O3.ClH/c21-17-4-3-14(10-18(17)22)11-19(25)24-8-5-15(12-20(26)27)9-16(24)13-23-6-1-2-7-23;/h3-4,10,12,16H,1-2,5-9,11,13H2,(H,26,27);1H/b15-12-;. The number of carboxylic acid groups (broad SMARTS) is 1. The fourth-order valence-electron chi connectivity index (χ4n) is 3.95. The van der Waals surface area contributed by atoms with Crippen LogP contribution < -0.4 is 0 Å². The molecule has 1 amide bonds. The highest BCUT2D eigenvalue weighted by Gasteiger charge is 2.31. The third kappa shape index (κ3) is 6.11. The van der Waals surface area contributed by atoms with Crippen LogP contribution in [0.25, 0.3) is 0 Å². The molecule has 2 aliphatic rings. The van der Waals surface area contributed by atoms with Crippen molar-refractivity contribution in [3.63, 3.8) is 0 Å². The van der Waals surface area contributed by atoms with Crippen LogP contribution in [0.2, 0.25) is 10.0 Å². The van der Waals surface area contributed by atoms with E-state index in [1.165, 1.54) is 18.9 Å². The lowest BCUT2D eigenvalue weighted by molar-refractivity contribution is -0.133. The van der Waals surface area contributed by atoms with E-state index >= 15 is 0 Å². The van der Waals surface area contributed by atoms with Gasteiger partial charge in [0.15, 0.2) is 0 Å². The van der Waals surface area contributed by atoms with Crippen molar-refractivity contribution in [3.8, 4) is 0 Å². The second-order valence-corrected chi connectivity index (χ2v) is 8.08. The molecule has 5 nitrogen and oxygen atoms in total. The van der Waals surface area contributed by atoms with E-state index in [9.17, 15) is 9.59 Å². The van der Waals surface area contributed by atoms with Gasteiger partial charge in [0.25, 0.3) is 0 Å². The highest BCUT2D eigenvalue weighted by Crippen LogP contribution is 2.27. The number of aliphatic carboxylic acids is 1. The number of piperidine rings is 1. The van der Waals surface area contributed by atoms with Crippen molar-refractivity contribution in [1.29, 1.82) is 0 Å². The van der Waals surface area contributed by atoms with E-state index in [0.29, 0.717) is 29.4 Å². The van der Waals surface area contributed by atoms with Gasteiger partial charge in [0.05, 0.1) is 16.5 Å². The maximum absolute atomic E-state index is 13.0. The Morgan fingerprint density at radius 2 is 1.86 bits per heavy atom. The minimum atomic E-state index is -0.916. The molecule has 2 fully saturated rings. The van der Waals surface area contributed by atoms with Crippen LogP contribution in [0.5, 0.6) is 0 Å². The molecule has 0 radical (unpaired) electrons. The highest BCUT2D eigenvalue weighted by atomic mass is 35.5. The molecule has 3 rings (SSSR count). The Balaban J connectivity index is 0.00000280. The lowest BCUT2D eigenvalue weighted by atomic mass is 9.94. The Bertz CT molecular complexity index is 748. The molecule has 2 aliphatic heterocycles. The Hall–Kier alpha value is -1.27. The summed E-state index contributed by atoms with van der Waals surface area (Å²) in [5.41, 5.74) is 1.74. The van der Waals surface area contributed by atoms with Crippen molar-refractivity contribution in [3.05, 3.63) is 45.5 Å². The summed E-state index contributed by atoms with van der Waals surface area (Å²) in [5.74, 6) is -0.868. The van der Waals surface area contributed by atoms with Crippen molar-refractivity contribution in [2.45, 2.75) is 38.1 Å². The molecule has 1 unspecified atom stereocenters. The van der Waals surface area contributed by atoms with E-state index in [2.05, 4.69) is 4.90 Å². The smallest absolute Gasteiger partial charge is 0.328 e. The second-order valence-electron chi connectivity index (χ2n) is 7.27. The van der Waals surface area contributed by atoms with Crippen molar-refractivity contribution < 1.29 is 14.7 Å². The topological polar surface area (TPSA) is 60.9 Å². The van der Waals surface area contributed by atoms with Gasteiger partial charge < -0.3 is 14.9 Å². The van der Waals surface area contributed by atoms with Crippen molar-refractivity contribution >= 4 is 47.5 Å². The number of rotatable bonds is 5. The number of carboxylic acids is 1. The molecule has 2 saturated heterocycles. The summed E-state index contributed by atoms with van der Waals surface area (Å²) in [5, 5.41) is 9.98. The first-order valence-electron chi connectivity index (χ1n) is 9.30. The third-order valence-corrected chi connectivity index (χ3v) is 6.01. The Morgan fingerprint density at radius 1 is 1.14 bits per heavy atom. The molecular weight excluding hydrogens is 423 g/mol. The molecule has 8 heteroatoms. The summed E-state index contributed by atoms with van der Waals surface area (Å²) in [6.07, 6.45) is 5.17. The van der Waals surface area contributed by atoms with Crippen LogP contribution in [0.1, 0.15) is 31.2 Å². The molecule has 1 N–H and O–H groups in total. The summed E-state index contributed by atoms with van der Waals surface area (Å²) < 4.78 is 0. The summed E-state index contributed by atoms with van der Waals surface area (Å²) in [7, 11) is 0. The molecule has 2 heterocycles. The average molecular weight is 448 g/mol. The average Bonchev–Trinajstić information content (AvgIpc) is 3.11. The van der Waals surface area contributed by atoms with Gasteiger partial charge in [-0.05, 0) is 56.5 Å². The zero-order valence-electron chi connectivity index (χ0n) is 15.6. The predicted molar refractivity (Wildman–Crippen MR) is 114 cm³/mol. The molecule has 0 spiro atoms. The molecule has 0 bridgehead atoms. The predicted octanol–water partition coefficient (Wildman–Crippen LogP) is 4.06. The van der Waals surface area contributed by atoms with Gasteiger partial charge in [0.1, 0.15) is 0 Å². The Morgan fingerprint density at radius 3 is 2.50 bits per heavy atom. The lowest BCUT2D eigenvalue weighted by Crippen LogP contribution is -2.50. The maximum atomic E-state index is 13.0. The molecule has 1 atom stereocenters. The summed E-state index contributed by atoms with van der Waals surface area (Å²) in [6.45, 7) is 3.44. The second kappa shape index (κ2) is 10.5. The number of hydrogen-bond donors (Lipinski definition) is 1. The van der Waals surface area contributed by atoms with Crippen molar-refractivity contribution in [2.24, 2.45) is 0 Å². The number of likely N-dealkylation sites (tertiary alicyclic amines) is 2. The number of amides is 1. The van der Waals surface area contributed by atoms with Gasteiger partial charge in [-0.2, -0.15) is 0 Å². The van der Waals surface area contributed by atoms with Crippen molar-refractivity contribution in [2.75, 3.05) is 26.2 Å². The number of hydrogen-bond acceptors (Lipinski definition) is 3. The number of nitrogens with zero attached hydrogens (tertiary/aromatic N) is 2. The zero-order valence-corrected chi connectivity index (χ0v) is 17.9. The number of carbonyl (C=O) groups is 2. The molecule has 1 aromatic rings. The normalized spacial score (nSPS) is 21.6. The summed E-state index contributed by atoms with van der Waals surface area (Å²) in [6, 6.07) is 5.27. The molecule has 28 heavy (non-hydrogen) atoms. The first-order valence-corrected chi connectivity index (χ1v) is 10.1. The van der Waals surface area contributed by atoms with Crippen LogP contribution in [-0.4, -0.2) is 59.0 Å². The van der Waals surface area contributed by atoms with Crippen LogP contribution in [0, 0.1) is 0 Å². The van der Waals surface area contributed by atoms with E-state index in [0.717, 1.165) is 30.8 Å². The minimum Gasteiger partial charge on any atom is -0.478 e. The molecule has 0 aliphatic carbocycles. The van der Waals surface area contributed by atoms with E-state index in [-0.39, 0.29) is 30.8 Å². The third-order valence-electron chi connectivity index (χ3n) is 5.27. The van der Waals surface area contributed by atoms with E-state index in [1.54, 1.807) is 12.1 Å². The van der Waals surface area contributed by atoms with Crippen LogP contribution >= 0.6 is 35.6 Å². The van der Waals surface area contributed by atoms with E-state index in [1.807, 2.05) is 11.0 Å². The molecule has 0 saturated carbocycles. The first-order chi connectivity index (χ1) is 12.9. The maximum Gasteiger partial charge on any atom is 0.328 e. The number of halogens is 3. The lowest BCUT2D eigenvalue weighted by Gasteiger charge is -2.39. The van der Waals surface area contributed by atoms with E-state index < -0.39 is 5.97 Å². The summed E-state index contributed by atoms with van der Waals surface area (Å²) in [4.78, 5) is 28.3. The number of benzene rings is 1. The van der Waals surface area contributed by atoms with Gasteiger partial charge in [-0.1, -0.05) is 34.8 Å². The van der Waals surface area contributed by atoms with Gasteiger partial charge >= 0.3 is 5.97 Å². The fourth-order valence-corrected chi connectivity index (χ4v) is 4.27. The Labute approximate surface area is 181 Å². The monoisotopic (exact) mass is 446 g/mol. The van der Waals surface area contributed by atoms with Crippen LogP contribution in [0.15, 0.2) is 29.8 Å².